The molecule has 0 aliphatic heterocycles. The molecule has 0 saturated carbocycles. The molecule has 82 valence electrons. The lowest BCUT2D eigenvalue weighted by Gasteiger charge is -2.01. The molecular formula is C8H14Br2N2OS. The van der Waals surface area contributed by atoms with Gasteiger partial charge in [-0.1, -0.05) is 0 Å². The van der Waals surface area contributed by atoms with E-state index in [4.69, 9.17) is 5.73 Å². The zero-order chi connectivity index (χ0) is 8.81. The lowest BCUT2D eigenvalue weighted by Crippen LogP contribution is -2.01. The molecule has 0 aliphatic rings. The monoisotopic (exact) mass is 344 g/mol. The van der Waals surface area contributed by atoms with Gasteiger partial charge in [0.1, 0.15) is 5.75 Å². The van der Waals surface area contributed by atoms with Gasteiger partial charge in [0.2, 0.25) is 0 Å². The third-order valence-corrected chi connectivity index (χ3v) is 2.37. The number of nitrogens with zero attached hydrogens (tertiary/aromatic N) is 1. The molecule has 0 atom stereocenters. The molecule has 0 spiro atoms. The highest BCUT2D eigenvalue weighted by Gasteiger charge is 1.99. The number of rotatable bonds is 4. The number of thioether (sulfide) groups is 1. The number of hydrogen-bond donors (Lipinski definition) is 2. The van der Waals surface area contributed by atoms with Crippen molar-refractivity contribution in [1.82, 2.24) is 4.98 Å². The van der Waals surface area contributed by atoms with Gasteiger partial charge in [0.05, 0.1) is 5.69 Å². The summed E-state index contributed by atoms with van der Waals surface area (Å²) in [5, 5.41) is 9.30. The van der Waals surface area contributed by atoms with E-state index in [1.54, 1.807) is 30.1 Å². The van der Waals surface area contributed by atoms with E-state index in [1.165, 1.54) is 0 Å². The van der Waals surface area contributed by atoms with Crippen molar-refractivity contribution >= 4 is 45.7 Å². The largest absolute Gasteiger partial charge is 0.506 e. The Morgan fingerprint density at radius 3 is 2.71 bits per heavy atom. The van der Waals surface area contributed by atoms with Crippen LogP contribution in [0.25, 0.3) is 0 Å². The topological polar surface area (TPSA) is 59.1 Å². The Morgan fingerprint density at radius 2 is 2.14 bits per heavy atom. The van der Waals surface area contributed by atoms with Gasteiger partial charge in [-0.15, -0.1) is 34.0 Å². The zero-order valence-electron chi connectivity index (χ0n) is 7.55. The zero-order valence-corrected chi connectivity index (χ0v) is 11.8. The van der Waals surface area contributed by atoms with Crippen molar-refractivity contribution < 1.29 is 5.11 Å². The molecule has 0 radical (unpaired) electrons. The van der Waals surface area contributed by atoms with Crippen molar-refractivity contribution in [3.63, 3.8) is 0 Å². The summed E-state index contributed by atoms with van der Waals surface area (Å²) in [6.07, 6.45) is 1.68. The first-order valence-corrected chi connectivity index (χ1v) is 4.90. The van der Waals surface area contributed by atoms with Gasteiger partial charge in [0.15, 0.2) is 0 Å². The highest BCUT2D eigenvalue weighted by molar-refractivity contribution is 8.93. The van der Waals surface area contributed by atoms with E-state index in [1.807, 2.05) is 0 Å². The van der Waals surface area contributed by atoms with Crippen molar-refractivity contribution in [3.8, 4) is 5.75 Å². The number of nitrogens with two attached hydrogens (primary N) is 1. The Hall–Kier alpha value is 0.220. The third kappa shape index (κ3) is 5.85. The second-order valence-electron chi connectivity index (χ2n) is 2.31. The Kier molecular flexibility index (Phi) is 11.6. The summed E-state index contributed by atoms with van der Waals surface area (Å²) >= 11 is 1.67. The van der Waals surface area contributed by atoms with Crippen LogP contribution in [0.2, 0.25) is 0 Å². The fourth-order valence-electron chi connectivity index (χ4n) is 0.793. The van der Waals surface area contributed by atoms with Crippen molar-refractivity contribution in [2.75, 3.05) is 12.3 Å². The van der Waals surface area contributed by atoms with E-state index in [-0.39, 0.29) is 39.7 Å². The third-order valence-electron chi connectivity index (χ3n) is 1.37. The molecule has 6 heteroatoms. The molecule has 0 fully saturated rings. The van der Waals surface area contributed by atoms with E-state index < -0.39 is 0 Å². The average molecular weight is 346 g/mol. The molecule has 1 rings (SSSR count). The molecule has 0 aliphatic carbocycles. The Labute approximate surface area is 109 Å². The SMILES string of the molecule is Br.Br.NCCSCc1ncccc1O. The summed E-state index contributed by atoms with van der Waals surface area (Å²) in [6.45, 7) is 0.665. The molecule has 0 saturated heterocycles. The molecule has 0 amide bonds. The number of halogens is 2. The average Bonchev–Trinajstić information content (AvgIpc) is 2.09. The van der Waals surface area contributed by atoms with Gasteiger partial charge in [-0.2, -0.15) is 11.8 Å². The van der Waals surface area contributed by atoms with Crippen LogP contribution in [0.15, 0.2) is 18.3 Å². The predicted octanol–water partition coefficient (Wildman–Crippen LogP) is 2.13. The maximum atomic E-state index is 9.30. The Bertz CT molecular complexity index is 251. The summed E-state index contributed by atoms with van der Waals surface area (Å²) in [6, 6.07) is 3.36. The summed E-state index contributed by atoms with van der Waals surface area (Å²) in [5.41, 5.74) is 6.06. The predicted molar refractivity (Wildman–Crippen MR) is 71.8 cm³/mol. The van der Waals surface area contributed by atoms with Crippen LogP contribution in [0.1, 0.15) is 5.69 Å². The summed E-state index contributed by atoms with van der Waals surface area (Å²) < 4.78 is 0. The Morgan fingerprint density at radius 1 is 1.43 bits per heavy atom. The van der Waals surface area contributed by atoms with Crippen LogP contribution in [-0.4, -0.2) is 22.4 Å². The van der Waals surface area contributed by atoms with Crippen molar-refractivity contribution in [2.24, 2.45) is 5.73 Å². The van der Waals surface area contributed by atoms with Crippen molar-refractivity contribution in [1.29, 1.82) is 0 Å². The van der Waals surface area contributed by atoms with Gasteiger partial charge in [0, 0.05) is 24.2 Å². The van der Waals surface area contributed by atoms with Gasteiger partial charge < -0.3 is 10.8 Å². The number of hydrogen-bond acceptors (Lipinski definition) is 4. The van der Waals surface area contributed by atoms with Crippen molar-refractivity contribution in [3.05, 3.63) is 24.0 Å². The maximum Gasteiger partial charge on any atom is 0.137 e. The first-order chi connectivity index (χ1) is 5.84. The number of pyridine rings is 1. The molecular weight excluding hydrogens is 332 g/mol. The molecule has 0 aromatic carbocycles. The van der Waals surface area contributed by atoms with Crippen LogP contribution in [0.5, 0.6) is 5.75 Å². The van der Waals surface area contributed by atoms with Crippen molar-refractivity contribution in [2.45, 2.75) is 5.75 Å². The fraction of sp³-hybridized carbons (Fsp3) is 0.375. The number of aromatic nitrogens is 1. The first-order valence-electron chi connectivity index (χ1n) is 3.75. The van der Waals surface area contributed by atoms with Gasteiger partial charge in [-0.25, -0.2) is 0 Å². The van der Waals surface area contributed by atoms with Gasteiger partial charge >= 0.3 is 0 Å². The van der Waals surface area contributed by atoms with Gasteiger partial charge in [0.25, 0.3) is 0 Å². The van der Waals surface area contributed by atoms with Crippen LogP contribution in [0.3, 0.4) is 0 Å². The van der Waals surface area contributed by atoms with Crippen LogP contribution >= 0.6 is 45.7 Å². The lowest BCUT2D eigenvalue weighted by atomic mass is 10.3. The normalized spacial score (nSPS) is 8.64. The summed E-state index contributed by atoms with van der Waals surface area (Å²) in [5.74, 6) is 1.89. The second-order valence-corrected chi connectivity index (χ2v) is 3.42. The summed E-state index contributed by atoms with van der Waals surface area (Å²) in [4.78, 5) is 4.04. The molecule has 1 aromatic rings. The van der Waals surface area contributed by atoms with Crippen LogP contribution < -0.4 is 5.73 Å². The molecule has 3 N–H and O–H groups in total. The molecule has 14 heavy (non-hydrogen) atoms. The van der Waals surface area contributed by atoms with E-state index in [0.29, 0.717) is 6.54 Å². The van der Waals surface area contributed by atoms with Gasteiger partial charge in [-0.05, 0) is 12.1 Å². The lowest BCUT2D eigenvalue weighted by molar-refractivity contribution is 0.467. The molecule has 1 heterocycles. The maximum absolute atomic E-state index is 9.30. The van der Waals surface area contributed by atoms with E-state index in [2.05, 4.69) is 4.98 Å². The molecule has 0 bridgehead atoms. The van der Waals surface area contributed by atoms with E-state index in [0.717, 1.165) is 17.2 Å². The molecule has 1 aromatic heterocycles. The highest BCUT2D eigenvalue weighted by atomic mass is 79.9. The fourth-order valence-corrected chi connectivity index (χ4v) is 1.52. The Balaban J connectivity index is 0. The van der Waals surface area contributed by atoms with E-state index in [9.17, 15) is 5.11 Å². The first kappa shape index (κ1) is 16.6. The van der Waals surface area contributed by atoms with Crippen LogP contribution in [0.4, 0.5) is 0 Å². The minimum atomic E-state index is 0. The molecule has 3 nitrogen and oxygen atoms in total. The van der Waals surface area contributed by atoms with E-state index >= 15 is 0 Å². The van der Waals surface area contributed by atoms with Gasteiger partial charge in [-0.3, -0.25) is 4.98 Å². The minimum absolute atomic E-state index is 0. The summed E-state index contributed by atoms with van der Waals surface area (Å²) in [7, 11) is 0. The quantitative estimate of drug-likeness (QED) is 0.821. The minimum Gasteiger partial charge on any atom is -0.506 e. The van der Waals surface area contributed by atoms with Crippen LogP contribution in [-0.2, 0) is 5.75 Å². The second kappa shape index (κ2) is 9.76. The smallest absolute Gasteiger partial charge is 0.137 e. The molecule has 0 unspecified atom stereocenters. The number of aromatic hydroxyl groups is 1. The standard InChI is InChI=1S/C8H12N2OS.2BrH/c9-3-5-12-6-7-8(11)2-1-4-10-7;;/h1-2,4,11H,3,5-6,9H2;2*1H. The van der Waals surface area contributed by atoms with Crippen LogP contribution in [0, 0.1) is 0 Å². The highest BCUT2D eigenvalue weighted by Crippen LogP contribution is 2.18.